The fourth-order valence-electron chi connectivity index (χ4n) is 2.55. The van der Waals surface area contributed by atoms with Crippen LogP contribution in [0.4, 0.5) is 0 Å². The maximum atomic E-state index is 12.7. The van der Waals surface area contributed by atoms with E-state index >= 15 is 0 Å². The van der Waals surface area contributed by atoms with Crippen LogP contribution in [0.1, 0.15) is 29.8 Å². The van der Waals surface area contributed by atoms with Gasteiger partial charge in [0, 0.05) is 19.6 Å². The molecule has 0 saturated carbocycles. The summed E-state index contributed by atoms with van der Waals surface area (Å²) < 4.78 is 37.1. The Balaban J connectivity index is 2.23. The Morgan fingerprint density at radius 3 is 2.34 bits per heavy atom. The molecule has 0 bridgehead atoms. The second-order valence-electron chi connectivity index (χ2n) is 6.63. The van der Waals surface area contributed by atoms with E-state index in [0.717, 1.165) is 5.56 Å². The van der Waals surface area contributed by atoms with E-state index < -0.39 is 15.9 Å². The summed E-state index contributed by atoms with van der Waals surface area (Å²) in [7, 11) is 0.830. The standard InChI is InChI=1S/C20H25ClN2O5S/c1-13(2)23(3)29(25,26)15-7-8-17(21)16(11-15)20(24)22-12-14-6-9-18(27-4)19(10-14)28-5/h6-11,13H,12H2,1-5H3,(H,22,24). The van der Waals surface area contributed by atoms with Gasteiger partial charge in [0.2, 0.25) is 10.0 Å². The normalized spacial score (nSPS) is 11.6. The van der Waals surface area contributed by atoms with E-state index in [1.807, 2.05) is 0 Å². The van der Waals surface area contributed by atoms with Crippen molar-refractivity contribution in [3.8, 4) is 11.5 Å². The van der Waals surface area contributed by atoms with Crippen molar-refractivity contribution >= 4 is 27.5 Å². The Kier molecular flexibility index (Phi) is 7.51. The van der Waals surface area contributed by atoms with Gasteiger partial charge in [0.1, 0.15) is 0 Å². The summed E-state index contributed by atoms with van der Waals surface area (Å²) in [5.74, 6) is 0.647. The van der Waals surface area contributed by atoms with Crippen LogP contribution in [-0.4, -0.2) is 45.9 Å². The molecule has 7 nitrogen and oxygen atoms in total. The molecule has 2 rings (SSSR count). The number of carbonyl (C=O) groups excluding carboxylic acids is 1. The number of nitrogens with one attached hydrogen (secondary N) is 1. The third-order valence-electron chi connectivity index (χ3n) is 4.49. The molecule has 0 heterocycles. The number of amides is 1. The molecular weight excluding hydrogens is 416 g/mol. The molecule has 0 saturated heterocycles. The molecule has 0 atom stereocenters. The number of benzene rings is 2. The lowest BCUT2D eigenvalue weighted by Gasteiger charge is -2.21. The van der Waals surface area contributed by atoms with E-state index in [1.165, 1.54) is 36.7 Å². The quantitative estimate of drug-likeness (QED) is 0.680. The van der Waals surface area contributed by atoms with Crippen molar-refractivity contribution < 1.29 is 22.7 Å². The van der Waals surface area contributed by atoms with Crippen molar-refractivity contribution in [1.29, 1.82) is 0 Å². The molecule has 0 radical (unpaired) electrons. The molecule has 1 amide bonds. The molecule has 29 heavy (non-hydrogen) atoms. The minimum atomic E-state index is -3.73. The molecule has 1 N–H and O–H groups in total. The molecule has 0 aliphatic heterocycles. The molecule has 0 aliphatic rings. The molecule has 9 heteroatoms. The second kappa shape index (κ2) is 9.47. The Labute approximate surface area is 176 Å². The first-order chi connectivity index (χ1) is 13.6. The van der Waals surface area contributed by atoms with E-state index in [2.05, 4.69) is 5.32 Å². The first-order valence-electron chi connectivity index (χ1n) is 8.88. The van der Waals surface area contributed by atoms with E-state index in [0.29, 0.717) is 11.5 Å². The fraction of sp³-hybridized carbons (Fsp3) is 0.350. The van der Waals surface area contributed by atoms with Crippen molar-refractivity contribution in [3.63, 3.8) is 0 Å². The SMILES string of the molecule is COc1ccc(CNC(=O)c2cc(S(=O)(=O)N(C)C(C)C)ccc2Cl)cc1OC. The van der Waals surface area contributed by atoms with Gasteiger partial charge >= 0.3 is 0 Å². The van der Waals surface area contributed by atoms with Gasteiger partial charge in [-0.05, 0) is 49.7 Å². The summed E-state index contributed by atoms with van der Waals surface area (Å²) in [6.45, 7) is 3.74. The van der Waals surface area contributed by atoms with Crippen LogP contribution in [0.25, 0.3) is 0 Å². The largest absolute Gasteiger partial charge is 0.493 e. The molecule has 2 aromatic carbocycles. The molecule has 158 valence electrons. The first-order valence-corrected chi connectivity index (χ1v) is 10.7. The zero-order valence-corrected chi connectivity index (χ0v) is 18.6. The van der Waals surface area contributed by atoms with Gasteiger partial charge in [-0.2, -0.15) is 4.31 Å². The highest BCUT2D eigenvalue weighted by atomic mass is 35.5. The van der Waals surface area contributed by atoms with Crippen LogP contribution in [0.15, 0.2) is 41.3 Å². The molecule has 0 aliphatic carbocycles. The lowest BCUT2D eigenvalue weighted by molar-refractivity contribution is 0.0951. The van der Waals surface area contributed by atoms with Crippen molar-refractivity contribution in [1.82, 2.24) is 9.62 Å². The van der Waals surface area contributed by atoms with Crippen LogP contribution in [0.2, 0.25) is 5.02 Å². The molecule has 0 fully saturated rings. The van der Waals surface area contributed by atoms with Gasteiger partial charge < -0.3 is 14.8 Å². The number of hydrogen-bond donors (Lipinski definition) is 1. The lowest BCUT2D eigenvalue weighted by Crippen LogP contribution is -2.33. The minimum Gasteiger partial charge on any atom is -0.493 e. The molecular formula is C20H25ClN2O5S. The first kappa shape index (κ1) is 23.0. The highest BCUT2D eigenvalue weighted by molar-refractivity contribution is 7.89. The van der Waals surface area contributed by atoms with E-state index in [1.54, 1.807) is 39.2 Å². The molecule has 0 unspecified atom stereocenters. The topological polar surface area (TPSA) is 84.9 Å². The van der Waals surface area contributed by atoms with Gasteiger partial charge in [-0.15, -0.1) is 0 Å². The van der Waals surface area contributed by atoms with Crippen LogP contribution in [0.3, 0.4) is 0 Å². The van der Waals surface area contributed by atoms with Gasteiger partial charge in [-0.1, -0.05) is 17.7 Å². The van der Waals surface area contributed by atoms with Crippen molar-refractivity contribution in [2.45, 2.75) is 31.3 Å². The fourth-order valence-corrected chi connectivity index (χ4v) is 4.15. The molecule has 0 aromatic heterocycles. The highest BCUT2D eigenvalue weighted by Crippen LogP contribution is 2.28. The van der Waals surface area contributed by atoms with Gasteiger partial charge in [0.15, 0.2) is 11.5 Å². The summed E-state index contributed by atoms with van der Waals surface area (Å²) >= 11 is 6.15. The van der Waals surface area contributed by atoms with E-state index in [4.69, 9.17) is 21.1 Å². The number of ether oxygens (including phenoxy) is 2. The van der Waals surface area contributed by atoms with Crippen LogP contribution in [0.5, 0.6) is 11.5 Å². The third-order valence-corrected chi connectivity index (χ3v) is 6.85. The predicted molar refractivity (Wildman–Crippen MR) is 112 cm³/mol. The molecule has 0 spiro atoms. The summed E-state index contributed by atoms with van der Waals surface area (Å²) in [6.07, 6.45) is 0. The molecule has 2 aromatic rings. The van der Waals surface area contributed by atoms with Crippen LogP contribution >= 0.6 is 11.6 Å². The lowest BCUT2D eigenvalue weighted by atomic mass is 10.1. The van der Waals surface area contributed by atoms with E-state index in [9.17, 15) is 13.2 Å². The Morgan fingerprint density at radius 1 is 1.10 bits per heavy atom. The third kappa shape index (κ3) is 5.20. The zero-order valence-electron chi connectivity index (χ0n) is 17.0. The summed E-state index contributed by atoms with van der Waals surface area (Å²) in [6, 6.07) is 9.15. The Bertz CT molecular complexity index is 992. The van der Waals surface area contributed by atoms with Crippen LogP contribution in [-0.2, 0) is 16.6 Å². The van der Waals surface area contributed by atoms with E-state index in [-0.39, 0.29) is 28.1 Å². The Hall–Kier alpha value is -2.29. The summed E-state index contributed by atoms with van der Waals surface area (Å²) in [5, 5.41) is 2.91. The van der Waals surface area contributed by atoms with Gasteiger partial charge in [-0.3, -0.25) is 4.79 Å². The van der Waals surface area contributed by atoms with Crippen molar-refractivity contribution in [2.75, 3.05) is 21.3 Å². The number of halogens is 1. The number of rotatable bonds is 8. The number of hydrogen-bond acceptors (Lipinski definition) is 5. The van der Waals surface area contributed by atoms with Gasteiger partial charge in [-0.25, -0.2) is 8.42 Å². The average molecular weight is 441 g/mol. The zero-order chi connectivity index (χ0) is 21.8. The summed E-state index contributed by atoms with van der Waals surface area (Å²) in [4.78, 5) is 12.6. The average Bonchev–Trinajstić information content (AvgIpc) is 2.71. The van der Waals surface area contributed by atoms with Gasteiger partial charge in [0.25, 0.3) is 5.91 Å². The second-order valence-corrected chi connectivity index (χ2v) is 9.03. The number of nitrogens with zero attached hydrogens (tertiary/aromatic N) is 1. The van der Waals surface area contributed by atoms with Crippen molar-refractivity contribution in [3.05, 3.63) is 52.5 Å². The van der Waals surface area contributed by atoms with Gasteiger partial charge in [0.05, 0.1) is 29.7 Å². The highest BCUT2D eigenvalue weighted by Gasteiger charge is 2.25. The van der Waals surface area contributed by atoms with Crippen LogP contribution < -0.4 is 14.8 Å². The maximum absolute atomic E-state index is 12.7. The minimum absolute atomic E-state index is 0.00867. The maximum Gasteiger partial charge on any atom is 0.253 e. The smallest absolute Gasteiger partial charge is 0.253 e. The predicted octanol–water partition coefficient (Wildman–Crippen LogP) is 3.32. The number of sulfonamides is 1. The van der Waals surface area contributed by atoms with Crippen LogP contribution in [0, 0.1) is 0 Å². The Morgan fingerprint density at radius 2 is 1.76 bits per heavy atom. The number of methoxy groups -OCH3 is 2. The summed E-state index contributed by atoms with van der Waals surface area (Å²) in [5.41, 5.74) is 0.876. The number of carbonyl (C=O) groups is 1. The van der Waals surface area contributed by atoms with Crippen molar-refractivity contribution in [2.24, 2.45) is 0 Å². The monoisotopic (exact) mass is 440 g/mol.